The fourth-order valence-electron chi connectivity index (χ4n) is 3.03. The molecule has 11 heteroatoms. The van der Waals surface area contributed by atoms with Gasteiger partial charge in [-0.2, -0.15) is 13.2 Å². The number of alkyl halides is 3. The molecule has 0 radical (unpaired) electrons. The third kappa shape index (κ3) is 5.43. The molecule has 0 aliphatic carbocycles. The number of amides is 1. The number of aliphatic carboxylic acids is 1. The lowest BCUT2D eigenvalue weighted by Gasteiger charge is -2.46. The van der Waals surface area contributed by atoms with Gasteiger partial charge in [0.15, 0.2) is 5.96 Å². The van der Waals surface area contributed by atoms with Crippen LogP contribution in [0.2, 0.25) is 0 Å². The number of carboxylic acids is 1. The van der Waals surface area contributed by atoms with Crippen molar-refractivity contribution >= 4 is 23.6 Å². The Morgan fingerprint density at radius 1 is 1.22 bits per heavy atom. The molecule has 1 aromatic rings. The van der Waals surface area contributed by atoms with Crippen LogP contribution in [0.25, 0.3) is 0 Å². The van der Waals surface area contributed by atoms with E-state index < -0.39 is 28.9 Å². The zero-order valence-corrected chi connectivity index (χ0v) is 18.7. The molecular weight excluding hydrogens is 434 g/mol. The molecule has 1 amide bonds. The molecule has 32 heavy (non-hydrogen) atoms. The SMILES string of the molecule is CC(C)C(=O)Cc1ccc(F)c([C@@]2(C)N=C(N)N(C)C(=O)C2(C)C)c1.O=C(O)C(F)(F)F. The number of carbonyl (C=O) groups is 3. The summed E-state index contributed by atoms with van der Waals surface area (Å²) < 4.78 is 46.4. The number of hydrogen-bond donors (Lipinski definition) is 2. The van der Waals surface area contributed by atoms with Crippen LogP contribution in [0.3, 0.4) is 0 Å². The quantitative estimate of drug-likeness (QED) is 0.669. The summed E-state index contributed by atoms with van der Waals surface area (Å²) in [5, 5.41) is 7.12. The summed E-state index contributed by atoms with van der Waals surface area (Å²) in [6.45, 7) is 8.83. The van der Waals surface area contributed by atoms with Crippen LogP contribution in [0, 0.1) is 17.2 Å². The summed E-state index contributed by atoms with van der Waals surface area (Å²) in [5.74, 6) is -3.43. The monoisotopic (exact) mass is 461 g/mol. The van der Waals surface area contributed by atoms with Gasteiger partial charge in [0.2, 0.25) is 5.91 Å². The van der Waals surface area contributed by atoms with E-state index in [4.69, 9.17) is 15.6 Å². The van der Waals surface area contributed by atoms with E-state index in [0.717, 1.165) is 0 Å². The Kier molecular flexibility index (Phi) is 7.82. The van der Waals surface area contributed by atoms with Gasteiger partial charge < -0.3 is 10.8 Å². The number of Topliss-reactive ketones (excluding diaryl/α,β-unsaturated/α-hetero) is 1. The Balaban J connectivity index is 0.000000633. The maximum absolute atomic E-state index is 14.7. The Morgan fingerprint density at radius 3 is 2.16 bits per heavy atom. The van der Waals surface area contributed by atoms with E-state index in [0.29, 0.717) is 5.56 Å². The van der Waals surface area contributed by atoms with E-state index in [1.807, 2.05) is 13.8 Å². The normalized spacial score (nSPS) is 20.4. The molecule has 0 spiro atoms. The van der Waals surface area contributed by atoms with Crippen LogP contribution < -0.4 is 5.73 Å². The van der Waals surface area contributed by atoms with Gasteiger partial charge in [-0.3, -0.25) is 14.5 Å². The second-order valence-electron chi connectivity index (χ2n) is 8.45. The van der Waals surface area contributed by atoms with E-state index in [1.165, 1.54) is 11.0 Å². The van der Waals surface area contributed by atoms with Gasteiger partial charge in [0, 0.05) is 24.9 Å². The molecular formula is C21H27F4N3O4. The first-order valence-corrected chi connectivity index (χ1v) is 9.61. The highest BCUT2D eigenvalue weighted by Gasteiger charge is 2.53. The van der Waals surface area contributed by atoms with E-state index in [1.54, 1.807) is 40.0 Å². The molecule has 1 aliphatic heterocycles. The van der Waals surface area contributed by atoms with Crippen LogP contribution in [-0.4, -0.2) is 46.8 Å². The highest BCUT2D eigenvalue weighted by Crippen LogP contribution is 2.47. The molecule has 3 N–H and O–H groups in total. The van der Waals surface area contributed by atoms with Crippen LogP contribution in [-0.2, 0) is 26.3 Å². The molecule has 0 saturated carbocycles. The summed E-state index contributed by atoms with van der Waals surface area (Å²) >= 11 is 0. The van der Waals surface area contributed by atoms with Crippen molar-refractivity contribution in [2.24, 2.45) is 22.1 Å². The average Bonchev–Trinajstić information content (AvgIpc) is 2.66. The summed E-state index contributed by atoms with van der Waals surface area (Å²) in [6, 6.07) is 4.56. The zero-order chi connectivity index (χ0) is 25.2. The van der Waals surface area contributed by atoms with Crippen molar-refractivity contribution in [3.8, 4) is 0 Å². The number of hydrogen-bond acceptors (Lipinski definition) is 5. The molecule has 0 unspecified atom stereocenters. The second kappa shape index (κ2) is 9.25. The minimum Gasteiger partial charge on any atom is -0.475 e. The molecule has 0 saturated heterocycles. The second-order valence-corrected chi connectivity index (χ2v) is 8.45. The molecule has 0 aromatic heterocycles. The number of halogens is 4. The minimum atomic E-state index is -5.08. The number of rotatable bonds is 4. The van der Waals surface area contributed by atoms with E-state index in [9.17, 15) is 27.2 Å². The number of nitrogens with two attached hydrogens (primary N) is 1. The number of nitrogens with zero attached hydrogens (tertiary/aromatic N) is 2. The highest BCUT2D eigenvalue weighted by atomic mass is 19.4. The van der Waals surface area contributed by atoms with Gasteiger partial charge in [-0.1, -0.05) is 19.9 Å². The maximum atomic E-state index is 14.7. The first kappa shape index (κ1) is 27.1. The van der Waals surface area contributed by atoms with Crippen molar-refractivity contribution < 1.29 is 37.1 Å². The fourth-order valence-corrected chi connectivity index (χ4v) is 3.03. The van der Waals surface area contributed by atoms with E-state index >= 15 is 0 Å². The van der Waals surface area contributed by atoms with Gasteiger partial charge >= 0.3 is 12.1 Å². The van der Waals surface area contributed by atoms with Crippen molar-refractivity contribution in [2.45, 2.75) is 52.8 Å². The van der Waals surface area contributed by atoms with Gasteiger partial charge in [-0.25, -0.2) is 14.2 Å². The Hall–Kier alpha value is -2.98. The standard InChI is InChI=1S/C19H26FN3O2.C2HF3O2/c1-11(2)15(24)10-12-7-8-14(20)13(9-12)19(5)18(3,4)16(25)23(6)17(21)22-19;3-2(4,5)1(6)7/h7-9,11H,10H2,1-6H3,(H2,21,22);(H,6,7)/t19-;/m1./s1. The lowest BCUT2D eigenvalue weighted by atomic mass is 9.67. The number of aliphatic imine (C=N–C) groups is 1. The van der Waals surface area contributed by atoms with Crippen molar-refractivity contribution in [3.05, 3.63) is 35.1 Å². The predicted molar refractivity (Wildman–Crippen MR) is 109 cm³/mol. The number of guanidine groups is 1. The smallest absolute Gasteiger partial charge is 0.475 e. The molecule has 178 valence electrons. The predicted octanol–water partition coefficient (Wildman–Crippen LogP) is 3.25. The van der Waals surface area contributed by atoms with Crippen molar-refractivity contribution in [2.75, 3.05) is 7.05 Å². The largest absolute Gasteiger partial charge is 0.490 e. The van der Waals surface area contributed by atoms with Gasteiger partial charge in [-0.15, -0.1) is 0 Å². The van der Waals surface area contributed by atoms with Crippen LogP contribution >= 0.6 is 0 Å². The first-order chi connectivity index (χ1) is 14.4. The number of carbonyl (C=O) groups excluding carboxylic acids is 2. The molecule has 7 nitrogen and oxygen atoms in total. The third-order valence-corrected chi connectivity index (χ3v) is 5.56. The Morgan fingerprint density at radius 2 is 1.72 bits per heavy atom. The Labute approximate surface area is 183 Å². The molecule has 1 aliphatic rings. The summed E-state index contributed by atoms with van der Waals surface area (Å²) in [5.41, 5.74) is 4.71. The first-order valence-electron chi connectivity index (χ1n) is 9.61. The number of carboxylic acid groups (broad SMARTS) is 1. The van der Waals surface area contributed by atoms with Crippen LogP contribution in [0.15, 0.2) is 23.2 Å². The van der Waals surface area contributed by atoms with Gasteiger partial charge in [0.1, 0.15) is 17.1 Å². The van der Waals surface area contributed by atoms with Crippen LogP contribution in [0.4, 0.5) is 17.6 Å². The molecule has 0 fully saturated rings. The van der Waals surface area contributed by atoms with Crippen molar-refractivity contribution in [3.63, 3.8) is 0 Å². The van der Waals surface area contributed by atoms with Crippen LogP contribution in [0.1, 0.15) is 45.7 Å². The fraction of sp³-hybridized carbons (Fsp3) is 0.524. The number of ketones is 1. The lowest BCUT2D eigenvalue weighted by Crippen LogP contribution is -2.58. The minimum absolute atomic E-state index is 0.0508. The van der Waals surface area contributed by atoms with Crippen molar-refractivity contribution in [1.82, 2.24) is 4.90 Å². The van der Waals surface area contributed by atoms with E-state index in [2.05, 4.69) is 4.99 Å². The Bertz CT molecular complexity index is 941. The summed E-state index contributed by atoms with van der Waals surface area (Å²) in [4.78, 5) is 39.4. The maximum Gasteiger partial charge on any atom is 0.490 e. The molecule has 1 aromatic carbocycles. The summed E-state index contributed by atoms with van der Waals surface area (Å²) in [6.07, 6.45) is -4.87. The zero-order valence-electron chi connectivity index (χ0n) is 18.7. The molecule has 2 rings (SSSR count). The third-order valence-electron chi connectivity index (χ3n) is 5.56. The summed E-state index contributed by atoms with van der Waals surface area (Å²) in [7, 11) is 1.55. The van der Waals surface area contributed by atoms with Gasteiger partial charge in [0.25, 0.3) is 0 Å². The molecule has 1 atom stereocenters. The average molecular weight is 461 g/mol. The van der Waals surface area contributed by atoms with E-state index in [-0.39, 0.29) is 35.6 Å². The van der Waals surface area contributed by atoms with Gasteiger partial charge in [0.05, 0.1) is 5.41 Å². The molecule has 0 bridgehead atoms. The lowest BCUT2D eigenvalue weighted by molar-refractivity contribution is -0.192. The molecule has 1 heterocycles. The van der Waals surface area contributed by atoms with Crippen molar-refractivity contribution in [1.29, 1.82) is 0 Å². The topological polar surface area (TPSA) is 113 Å². The van der Waals surface area contributed by atoms with Crippen LogP contribution in [0.5, 0.6) is 0 Å². The highest BCUT2D eigenvalue weighted by molar-refractivity contribution is 6.01. The van der Waals surface area contributed by atoms with Gasteiger partial charge in [-0.05, 0) is 38.5 Å². The number of benzene rings is 1.